The normalized spacial score (nSPS) is 21.7. The van der Waals surface area contributed by atoms with Crippen LogP contribution in [0, 0.1) is 5.92 Å². The van der Waals surface area contributed by atoms with Crippen LogP contribution in [0.3, 0.4) is 0 Å². The van der Waals surface area contributed by atoms with Gasteiger partial charge in [0.15, 0.2) is 0 Å². The molecule has 2 atom stereocenters. The second kappa shape index (κ2) is 5.87. The number of hydrogen-bond acceptors (Lipinski definition) is 4. The van der Waals surface area contributed by atoms with E-state index >= 15 is 0 Å². The second-order valence-electron chi connectivity index (χ2n) is 6.53. The molecule has 1 aliphatic rings. The average Bonchev–Trinajstić information content (AvgIpc) is 2.82. The Morgan fingerprint density at radius 3 is 2.50 bits per heavy atom. The lowest BCUT2D eigenvalue weighted by atomic mass is 9.89. The number of carbonyl (C=O) groups excluding carboxylic acids is 1. The van der Waals surface area contributed by atoms with Gasteiger partial charge in [0.05, 0.1) is 5.92 Å². The van der Waals surface area contributed by atoms with Gasteiger partial charge in [0.2, 0.25) is 0 Å². The lowest BCUT2D eigenvalue weighted by Crippen LogP contribution is -2.35. The predicted molar refractivity (Wildman–Crippen MR) is 79.8 cm³/mol. The van der Waals surface area contributed by atoms with Crippen molar-refractivity contribution in [3.05, 3.63) is 29.8 Å². The van der Waals surface area contributed by atoms with Gasteiger partial charge in [-0.2, -0.15) is 0 Å². The van der Waals surface area contributed by atoms with Crippen LogP contribution in [0.15, 0.2) is 24.3 Å². The van der Waals surface area contributed by atoms with Gasteiger partial charge in [-0.15, -0.1) is 0 Å². The van der Waals surface area contributed by atoms with Crippen molar-refractivity contribution in [2.45, 2.75) is 32.3 Å². The summed E-state index contributed by atoms with van der Waals surface area (Å²) in [7, 11) is 0. The zero-order chi connectivity index (χ0) is 16.5. The van der Waals surface area contributed by atoms with Crippen LogP contribution in [0.25, 0.3) is 0 Å². The first kappa shape index (κ1) is 16.1. The highest BCUT2D eigenvalue weighted by molar-refractivity contribution is 5.76. The number of carboxylic acids is 1. The van der Waals surface area contributed by atoms with Crippen molar-refractivity contribution in [1.29, 1.82) is 0 Å². The maximum atomic E-state index is 12.1. The van der Waals surface area contributed by atoms with Crippen LogP contribution in [0.4, 0.5) is 4.79 Å². The monoisotopic (exact) mass is 307 g/mol. The smallest absolute Gasteiger partial charge is 0.410 e. The molecular formula is C16H21NO5. The van der Waals surface area contributed by atoms with E-state index in [-0.39, 0.29) is 24.8 Å². The van der Waals surface area contributed by atoms with Gasteiger partial charge in [-0.3, -0.25) is 4.79 Å². The summed E-state index contributed by atoms with van der Waals surface area (Å²) < 4.78 is 5.30. The quantitative estimate of drug-likeness (QED) is 0.876. The van der Waals surface area contributed by atoms with E-state index in [1.54, 1.807) is 39.0 Å². The Hall–Kier alpha value is -2.24. The Balaban J connectivity index is 2.20. The number of aliphatic carboxylic acids is 1. The molecule has 6 nitrogen and oxygen atoms in total. The van der Waals surface area contributed by atoms with E-state index in [4.69, 9.17) is 4.74 Å². The molecule has 0 bridgehead atoms. The molecule has 0 radical (unpaired) electrons. The molecule has 2 N–H and O–H groups in total. The third kappa shape index (κ3) is 3.69. The topological polar surface area (TPSA) is 87.1 Å². The second-order valence-corrected chi connectivity index (χ2v) is 6.53. The molecule has 1 aliphatic heterocycles. The van der Waals surface area contributed by atoms with E-state index in [0.29, 0.717) is 5.56 Å². The first-order valence-electron chi connectivity index (χ1n) is 7.17. The highest BCUT2D eigenvalue weighted by atomic mass is 16.6. The molecule has 1 aromatic carbocycles. The van der Waals surface area contributed by atoms with E-state index in [9.17, 15) is 19.8 Å². The van der Waals surface area contributed by atoms with E-state index in [1.165, 1.54) is 11.0 Å². The molecule has 0 aromatic heterocycles. The number of nitrogens with zero attached hydrogens (tertiary/aromatic N) is 1. The third-order valence-corrected chi connectivity index (χ3v) is 3.59. The average molecular weight is 307 g/mol. The number of phenols is 1. The number of rotatable bonds is 2. The van der Waals surface area contributed by atoms with Crippen molar-refractivity contribution < 1.29 is 24.5 Å². The number of likely N-dealkylation sites (tertiary alicyclic amines) is 1. The van der Waals surface area contributed by atoms with Gasteiger partial charge >= 0.3 is 12.1 Å². The summed E-state index contributed by atoms with van der Waals surface area (Å²) in [6.07, 6.45) is -0.513. The summed E-state index contributed by atoms with van der Waals surface area (Å²) >= 11 is 0. The van der Waals surface area contributed by atoms with Gasteiger partial charge in [0.25, 0.3) is 0 Å². The van der Waals surface area contributed by atoms with Crippen LogP contribution in [-0.4, -0.2) is 45.9 Å². The number of ether oxygens (including phenoxy) is 1. The Morgan fingerprint density at radius 2 is 1.95 bits per heavy atom. The Bertz CT molecular complexity index is 578. The van der Waals surface area contributed by atoms with Gasteiger partial charge in [-0.25, -0.2) is 4.79 Å². The van der Waals surface area contributed by atoms with Crippen LogP contribution in [-0.2, 0) is 9.53 Å². The molecule has 1 aromatic rings. The number of amides is 1. The summed E-state index contributed by atoms with van der Waals surface area (Å²) in [5.74, 6) is -1.96. The third-order valence-electron chi connectivity index (χ3n) is 3.59. The number of benzene rings is 1. The SMILES string of the molecule is CC(C)(C)OC(=O)N1C[C@H](C(=O)O)[C@H](c2cccc(O)c2)C1. The fraction of sp³-hybridized carbons (Fsp3) is 0.500. The molecule has 1 amide bonds. The lowest BCUT2D eigenvalue weighted by Gasteiger charge is -2.24. The van der Waals surface area contributed by atoms with E-state index < -0.39 is 23.6 Å². The van der Waals surface area contributed by atoms with Gasteiger partial charge in [0.1, 0.15) is 11.4 Å². The fourth-order valence-corrected chi connectivity index (χ4v) is 2.62. The minimum atomic E-state index is -0.959. The van der Waals surface area contributed by atoms with Crippen molar-refractivity contribution in [2.24, 2.45) is 5.92 Å². The fourth-order valence-electron chi connectivity index (χ4n) is 2.62. The zero-order valence-electron chi connectivity index (χ0n) is 12.9. The van der Waals surface area contributed by atoms with Crippen LogP contribution in [0.2, 0.25) is 0 Å². The molecule has 0 aliphatic carbocycles. The molecule has 6 heteroatoms. The van der Waals surface area contributed by atoms with Gasteiger partial charge in [-0.05, 0) is 38.5 Å². The molecule has 1 heterocycles. The molecule has 1 saturated heterocycles. The molecule has 0 unspecified atom stereocenters. The van der Waals surface area contributed by atoms with Crippen molar-refractivity contribution in [3.8, 4) is 5.75 Å². The lowest BCUT2D eigenvalue weighted by molar-refractivity contribution is -0.141. The molecule has 22 heavy (non-hydrogen) atoms. The molecule has 2 rings (SSSR count). The number of phenolic OH excluding ortho intramolecular Hbond substituents is 1. The summed E-state index contributed by atoms with van der Waals surface area (Å²) in [4.78, 5) is 25.0. The first-order valence-corrected chi connectivity index (χ1v) is 7.17. The van der Waals surface area contributed by atoms with Crippen molar-refractivity contribution in [3.63, 3.8) is 0 Å². The highest BCUT2D eigenvalue weighted by Gasteiger charge is 2.41. The summed E-state index contributed by atoms with van der Waals surface area (Å²) in [6, 6.07) is 6.50. The molecule has 120 valence electrons. The van der Waals surface area contributed by atoms with Crippen LogP contribution in [0.5, 0.6) is 5.75 Å². The predicted octanol–water partition coefficient (Wildman–Crippen LogP) is 2.43. The minimum Gasteiger partial charge on any atom is -0.508 e. The molecule has 1 fully saturated rings. The summed E-state index contributed by atoms with van der Waals surface area (Å²) in [6.45, 7) is 5.66. The standard InChI is InChI=1S/C16H21NO5/c1-16(2,3)22-15(21)17-8-12(13(9-17)14(19)20)10-5-4-6-11(18)7-10/h4-7,12-13,18H,8-9H2,1-3H3,(H,19,20)/t12-,13-/m0/s1. The van der Waals surface area contributed by atoms with Crippen molar-refractivity contribution in [1.82, 2.24) is 4.90 Å². The summed E-state index contributed by atoms with van der Waals surface area (Å²) in [5.41, 5.74) is 0.0808. The van der Waals surface area contributed by atoms with E-state index in [1.807, 2.05) is 0 Å². The molecule has 0 saturated carbocycles. The number of hydrogen-bond donors (Lipinski definition) is 2. The van der Waals surface area contributed by atoms with Crippen LogP contribution >= 0.6 is 0 Å². The van der Waals surface area contributed by atoms with E-state index in [0.717, 1.165) is 0 Å². The van der Waals surface area contributed by atoms with Crippen molar-refractivity contribution in [2.75, 3.05) is 13.1 Å². The highest BCUT2D eigenvalue weighted by Crippen LogP contribution is 2.34. The van der Waals surface area contributed by atoms with Gasteiger partial charge in [0, 0.05) is 19.0 Å². The first-order chi connectivity index (χ1) is 10.2. The number of aromatic hydroxyl groups is 1. The molecule has 0 spiro atoms. The summed E-state index contributed by atoms with van der Waals surface area (Å²) in [5, 5.41) is 19.0. The van der Waals surface area contributed by atoms with Gasteiger partial charge in [-0.1, -0.05) is 12.1 Å². The largest absolute Gasteiger partial charge is 0.508 e. The Morgan fingerprint density at radius 1 is 1.27 bits per heavy atom. The van der Waals surface area contributed by atoms with Gasteiger partial charge < -0.3 is 19.8 Å². The van der Waals surface area contributed by atoms with Crippen LogP contribution < -0.4 is 0 Å². The Labute approximate surface area is 129 Å². The van der Waals surface area contributed by atoms with Crippen molar-refractivity contribution >= 4 is 12.1 Å². The zero-order valence-corrected chi connectivity index (χ0v) is 12.9. The van der Waals surface area contributed by atoms with E-state index in [2.05, 4.69) is 0 Å². The number of carbonyl (C=O) groups is 2. The Kier molecular flexibility index (Phi) is 4.30. The maximum absolute atomic E-state index is 12.1. The van der Waals surface area contributed by atoms with Crippen LogP contribution in [0.1, 0.15) is 32.3 Å². The molecular weight excluding hydrogens is 286 g/mol. The number of carboxylic acid groups (broad SMARTS) is 1. The maximum Gasteiger partial charge on any atom is 0.410 e. The minimum absolute atomic E-state index is 0.0809.